The second-order valence-electron chi connectivity index (χ2n) is 4.43. The third-order valence-corrected chi connectivity index (χ3v) is 3.80. The van der Waals surface area contributed by atoms with Crippen molar-refractivity contribution in [2.75, 3.05) is 18.5 Å². The van der Waals surface area contributed by atoms with E-state index >= 15 is 0 Å². The normalized spacial score (nSPS) is 17.6. The van der Waals surface area contributed by atoms with Gasteiger partial charge in [0.2, 0.25) is 5.91 Å². The Labute approximate surface area is 120 Å². The number of rotatable bonds is 4. The zero-order chi connectivity index (χ0) is 17.4. The third kappa shape index (κ3) is 3.10. The minimum absolute atomic E-state index is 0.118. The summed E-state index contributed by atoms with van der Waals surface area (Å²) in [6.07, 6.45) is 2.33. The number of nitrogens with one attached hydrogen (secondary N) is 2. The molecule has 9 heteroatoms. The van der Waals surface area contributed by atoms with E-state index in [9.17, 15) is 18.0 Å². The fourth-order valence-electron chi connectivity index (χ4n) is 1.51. The van der Waals surface area contributed by atoms with Gasteiger partial charge in [-0.05, 0) is 12.8 Å². The number of aromatic nitrogens is 2. The highest BCUT2D eigenvalue weighted by Gasteiger charge is 2.30. The van der Waals surface area contributed by atoms with Crippen LogP contribution >= 0.6 is 0 Å². The van der Waals surface area contributed by atoms with Crippen LogP contribution in [-0.2, 0) is 14.6 Å². The zero-order valence-corrected chi connectivity index (χ0v) is 11.3. The molecule has 0 spiro atoms. The molecule has 1 aliphatic rings. The lowest BCUT2D eigenvalue weighted by Gasteiger charge is -2.08. The summed E-state index contributed by atoms with van der Waals surface area (Å²) in [4.78, 5) is 23.0. The molecule has 0 bridgehead atoms. The minimum atomic E-state index is -3.90. The van der Waals surface area contributed by atoms with Crippen molar-refractivity contribution in [3.63, 3.8) is 0 Å². The highest BCUT2D eigenvalue weighted by Crippen LogP contribution is 2.30. The molecule has 0 atom stereocenters. The van der Waals surface area contributed by atoms with Gasteiger partial charge in [-0.15, -0.1) is 10.2 Å². The molecule has 1 aliphatic carbocycles. The number of amides is 2. The van der Waals surface area contributed by atoms with E-state index in [2.05, 4.69) is 15.5 Å². The van der Waals surface area contributed by atoms with Crippen molar-refractivity contribution >= 4 is 27.5 Å². The van der Waals surface area contributed by atoms with Crippen LogP contribution in [0.4, 0.5) is 5.82 Å². The van der Waals surface area contributed by atoms with Crippen molar-refractivity contribution in [1.82, 2.24) is 15.5 Å². The molecule has 1 heterocycles. The van der Waals surface area contributed by atoms with E-state index in [-0.39, 0.29) is 17.6 Å². The molecule has 0 saturated heterocycles. The van der Waals surface area contributed by atoms with E-state index in [1.54, 1.807) is 5.32 Å². The maximum absolute atomic E-state index is 11.9. The van der Waals surface area contributed by atoms with Gasteiger partial charge in [0.05, 0.1) is 0 Å². The van der Waals surface area contributed by atoms with Gasteiger partial charge < -0.3 is 10.6 Å². The van der Waals surface area contributed by atoms with E-state index in [0.717, 1.165) is 25.2 Å². The van der Waals surface area contributed by atoms with Crippen molar-refractivity contribution in [2.24, 2.45) is 5.92 Å². The number of nitrogens with zero attached hydrogens (tertiary/aromatic N) is 2. The van der Waals surface area contributed by atoms with E-state index in [4.69, 9.17) is 4.11 Å². The molecular formula is C11H14N4O4S. The Balaban J connectivity index is 2.35. The van der Waals surface area contributed by atoms with Gasteiger partial charge in [0, 0.05) is 29.3 Å². The summed E-state index contributed by atoms with van der Waals surface area (Å²) in [6.45, 7) is -2.80. The molecule has 1 saturated carbocycles. The summed E-state index contributed by atoms with van der Waals surface area (Å²) < 4.78 is 44.5. The average Bonchev–Trinajstić information content (AvgIpc) is 3.19. The van der Waals surface area contributed by atoms with Gasteiger partial charge in [0.25, 0.3) is 5.91 Å². The van der Waals surface area contributed by atoms with Crippen LogP contribution < -0.4 is 10.6 Å². The van der Waals surface area contributed by atoms with Crippen LogP contribution in [0.1, 0.15) is 27.4 Å². The monoisotopic (exact) mass is 301 g/mol. The van der Waals surface area contributed by atoms with Crippen molar-refractivity contribution < 1.29 is 22.1 Å². The molecule has 2 rings (SSSR count). The molecule has 1 fully saturated rings. The van der Waals surface area contributed by atoms with Crippen LogP contribution in [0.2, 0.25) is 0 Å². The SMILES string of the molecule is [2H]C([2H])([2H])NC(=O)c1nnc(NC(=O)C2CC2)cc1S(C)(=O)=O. The fourth-order valence-corrected chi connectivity index (χ4v) is 2.32. The molecule has 2 amide bonds. The Morgan fingerprint density at radius 1 is 1.40 bits per heavy atom. The zero-order valence-electron chi connectivity index (χ0n) is 13.5. The van der Waals surface area contributed by atoms with Gasteiger partial charge >= 0.3 is 0 Å². The van der Waals surface area contributed by atoms with Crippen molar-refractivity contribution in [1.29, 1.82) is 0 Å². The Hall–Kier alpha value is -2.03. The van der Waals surface area contributed by atoms with E-state index in [1.165, 1.54) is 0 Å². The Bertz CT molecular complexity index is 759. The van der Waals surface area contributed by atoms with Gasteiger partial charge in [-0.1, -0.05) is 0 Å². The molecule has 1 aromatic rings. The van der Waals surface area contributed by atoms with Crippen LogP contribution in [0, 0.1) is 5.92 Å². The lowest BCUT2D eigenvalue weighted by Crippen LogP contribution is -2.24. The van der Waals surface area contributed by atoms with E-state index < -0.39 is 33.3 Å². The average molecular weight is 301 g/mol. The predicted octanol–water partition coefficient (Wildman–Crippen LogP) is -0.412. The summed E-state index contributed by atoms with van der Waals surface area (Å²) in [6, 6.07) is 0.983. The Kier molecular flexibility index (Phi) is 2.76. The first-order chi connectivity index (χ1) is 10.5. The lowest BCUT2D eigenvalue weighted by atomic mass is 10.3. The number of hydrogen-bond acceptors (Lipinski definition) is 6. The first-order valence-electron chi connectivity index (χ1n) is 7.18. The van der Waals surface area contributed by atoms with Crippen LogP contribution in [0.5, 0.6) is 0 Å². The highest BCUT2D eigenvalue weighted by atomic mass is 32.2. The quantitative estimate of drug-likeness (QED) is 0.780. The second-order valence-corrected chi connectivity index (χ2v) is 6.42. The summed E-state index contributed by atoms with van der Waals surface area (Å²) >= 11 is 0. The maximum Gasteiger partial charge on any atom is 0.272 e. The number of hydrogen-bond donors (Lipinski definition) is 2. The molecular weight excluding hydrogens is 284 g/mol. The van der Waals surface area contributed by atoms with Crippen LogP contribution in [0.15, 0.2) is 11.0 Å². The highest BCUT2D eigenvalue weighted by molar-refractivity contribution is 7.90. The van der Waals surface area contributed by atoms with Crippen molar-refractivity contribution in [3.05, 3.63) is 11.8 Å². The van der Waals surface area contributed by atoms with Gasteiger partial charge in [0.15, 0.2) is 21.3 Å². The van der Waals surface area contributed by atoms with Crippen molar-refractivity contribution in [3.8, 4) is 0 Å². The molecule has 8 nitrogen and oxygen atoms in total. The smallest absolute Gasteiger partial charge is 0.272 e. The first kappa shape index (κ1) is 10.7. The molecule has 0 aliphatic heterocycles. The molecule has 0 unspecified atom stereocenters. The van der Waals surface area contributed by atoms with E-state index in [0.29, 0.717) is 0 Å². The minimum Gasteiger partial charge on any atom is -0.354 e. The van der Waals surface area contributed by atoms with Crippen LogP contribution in [-0.4, -0.2) is 43.7 Å². The molecule has 0 radical (unpaired) electrons. The molecule has 1 aromatic heterocycles. The summed E-state index contributed by atoms with van der Waals surface area (Å²) in [7, 11) is -3.90. The van der Waals surface area contributed by atoms with Crippen molar-refractivity contribution in [2.45, 2.75) is 17.7 Å². The third-order valence-electron chi connectivity index (χ3n) is 2.69. The maximum atomic E-state index is 11.9. The second kappa shape index (κ2) is 5.16. The molecule has 2 N–H and O–H groups in total. The number of anilines is 1. The van der Waals surface area contributed by atoms with Gasteiger partial charge in [-0.25, -0.2) is 8.42 Å². The number of carbonyl (C=O) groups excluding carboxylic acids is 2. The van der Waals surface area contributed by atoms with Crippen LogP contribution in [0.25, 0.3) is 0 Å². The van der Waals surface area contributed by atoms with Crippen LogP contribution in [0.3, 0.4) is 0 Å². The Morgan fingerprint density at radius 3 is 2.65 bits per heavy atom. The fraction of sp³-hybridized carbons (Fsp3) is 0.455. The number of carbonyl (C=O) groups is 2. The standard InChI is InChI=1S/C11H14N4O4S/c1-12-11(17)9-7(20(2,18)19)5-8(14-15-9)13-10(16)6-3-4-6/h5-6H,3-4H2,1-2H3,(H,12,17)(H,13,14,16)/i1D3. The topological polar surface area (TPSA) is 118 Å². The largest absolute Gasteiger partial charge is 0.354 e. The van der Waals surface area contributed by atoms with Gasteiger partial charge in [0.1, 0.15) is 4.90 Å². The summed E-state index contributed by atoms with van der Waals surface area (Å²) in [5.74, 6) is -1.75. The lowest BCUT2D eigenvalue weighted by molar-refractivity contribution is -0.117. The van der Waals surface area contributed by atoms with E-state index in [1.807, 2.05) is 0 Å². The molecule has 108 valence electrons. The van der Waals surface area contributed by atoms with Gasteiger partial charge in [-0.3, -0.25) is 9.59 Å². The molecule has 0 aromatic carbocycles. The summed E-state index contributed by atoms with van der Waals surface area (Å²) in [5.41, 5.74) is -0.645. The molecule has 20 heavy (non-hydrogen) atoms. The number of sulfone groups is 1. The Morgan fingerprint density at radius 2 is 2.10 bits per heavy atom. The predicted molar refractivity (Wildman–Crippen MR) is 69.9 cm³/mol. The first-order valence-corrected chi connectivity index (χ1v) is 7.58. The van der Waals surface area contributed by atoms with Gasteiger partial charge in [-0.2, -0.15) is 0 Å². The summed E-state index contributed by atoms with van der Waals surface area (Å²) in [5, 5.41) is 11.1.